The maximum absolute atomic E-state index is 12.8. The quantitative estimate of drug-likeness (QED) is 0.332. The Kier molecular flexibility index (Phi) is 6.40. The lowest BCUT2D eigenvalue weighted by Gasteiger charge is -2.10. The first-order chi connectivity index (χ1) is 14.2. The average molecular weight is 436 g/mol. The highest BCUT2D eigenvalue weighted by Crippen LogP contribution is 2.36. The molecular formula is C19H15F3N4O3S. The van der Waals surface area contributed by atoms with Gasteiger partial charge < -0.3 is 5.32 Å². The van der Waals surface area contributed by atoms with Crippen molar-refractivity contribution < 1.29 is 22.9 Å². The number of amides is 1. The van der Waals surface area contributed by atoms with Crippen molar-refractivity contribution in [3.05, 3.63) is 82.0 Å². The molecule has 1 heterocycles. The normalized spacial score (nSPS) is 11.3. The smallest absolute Gasteiger partial charge is 0.310 e. The Morgan fingerprint density at radius 2 is 1.90 bits per heavy atom. The fourth-order valence-electron chi connectivity index (χ4n) is 2.60. The number of thioether (sulfide) groups is 1. The lowest BCUT2D eigenvalue weighted by molar-refractivity contribution is -0.388. The summed E-state index contributed by atoms with van der Waals surface area (Å²) in [6.45, 7) is 0.432. The molecule has 0 fully saturated rings. The number of nitro groups is 1. The fraction of sp³-hybridized carbons (Fsp3) is 0.158. The maximum Gasteiger partial charge on any atom is 0.416 e. The van der Waals surface area contributed by atoms with Crippen LogP contribution in [0.5, 0.6) is 0 Å². The van der Waals surface area contributed by atoms with Crippen molar-refractivity contribution in [2.45, 2.75) is 17.6 Å². The van der Waals surface area contributed by atoms with Gasteiger partial charge in [-0.2, -0.15) is 18.3 Å². The maximum atomic E-state index is 12.8. The summed E-state index contributed by atoms with van der Waals surface area (Å²) in [5.41, 5.74) is -0.837. The van der Waals surface area contributed by atoms with Gasteiger partial charge >= 0.3 is 6.18 Å². The van der Waals surface area contributed by atoms with Gasteiger partial charge in [-0.1, -0.05) is 30.3 Å². The standard InChI is InChI=1S/C19H15F3N4O3S/c20-19(21,22)14-6-7-16(15(10-14)26(28)29)30-12-18(27)24-17-8-9-23-25(17)11-13-4-2-1-3-5-13/h1-10H,11-12H2,(H,24,27). The molecule has 0 bridgehead atoms. The van der Waals surface area contributed by atoms with Crippen LogP contribution in [0.1, 0.15) is 11.1 Å². The number of rotatable bonds is 7. The summed E-state index contributed by atoms with van der Waals surface area (Å²) in [4.78, 5) is 22.5. The molecule has 0 saturated heterocycles. The summed E-state index contributed by atoms with van der Waals surface area (Å²) in [5, 5.41) is 17.9. The molecule has 7 nitrogen and oxygen atoms in total. The summed E-state index contributed by atoms with van der Waals surface area (Å²) in [6, 6.07) is 13.3. The number of halogens is 3. The van der Waals surface area contributed by atoms with Crippen molar-refractivity contribution in [1.29, 1.82) is 0 Å². The van der Waals surface area contributed by atoms with Crippen molar-refractivity contribution >= 4 is 29.2 Å². The molecule has 11 heteroatoms. The summed E-state index contributed by atoms with van der Waals surface area (Å²) >= 11 is 0.784. The molecule has 0 saturated carbocycles. The fourth-order valence-corrected chi connectivity index (χ4v) is 3.41. The largest absolute Gasteiger partial charge is 0.416 e. The third kappa shape index (κ3) is 5.38. The van der Waals surface area contributed by atoms with E-state index in [0.717, 1.165) is 29.5 Å². The van der Waals surface area contributed by atoms with Crippen LogP contribution < -0.4 is 5.32 Å². The van der Waals surface area contributed by atoms with E-state index in [1.54, 1.807) is 10.7 Å². The van der Waals surface area contributed by atoms with E-state index in [1.807, 2.05) is 30.3 Å². The van der Waals surface area contributed by atoms with E-state index in [-0.39, 0.29) is 10.6 Å². The SMILES string of the molecule is O=C(CSc1ccc(C(F)(F)F)cc1[N+](=O)[O-])Nc1ccnn1Cc1ccccc1. The van der Waals surface area contributed by atoms with Gasteiger partial charge in [0.25, 0.3) is 5.69 Å². The van der Waals surface area contributed by atoms with Gasteiger partial charge in [-0.05, 0) is 17.7 Å². The zero-order valence-corrected chi connectivity index (χ0v) is 16.1. The minimum Gasteiger partial charge on any atom is -0.310 e. The van der Waals surface area contributed by atoms with Crippen LogP contribution in [0, 0.1) is 10.1 Å². The van der Waals surface area contributed by atoms with Crippen LogP contribution in [0.15, 0.2) is 65.7 Å². The minimum absolute atomic E-state index is 0.0269. The van der Waals surface area contributed by atoms with E-state index in [1.165, 1.54) is 6.20 Å². The number of carbonyl (C=O) groups is 1. The predicted octanol–water partition coefficient (Wildman–Crippen LogP) is 4.59. The molecule has 2 aromatic carbocycles. The minimum atomic E-state index is -4.69. The van der Waals surface area contributed by atoms with Crippen LogP contribution in [-0.2, 0) is 17.5 Å². The molecule has 1 N–H and O–H groups in total. The monoisotopic (exact) mass is 436 g/mol. The number of nitro benzene ring substituents is 1. The highest BCUT2D eigenvalue weighted by molar-refractivity contribution is 8.00. The van der Waals surface area contributed by atoms with Crippen LogP contribution in [0.25, 0.3) is 0 Å². The lowest BCUT2D eigenvalue weighted by atomic mass is 10.2. The van der Waals surface area contributed by atoms with Crippen molar-refractivity contribution in [1.82, 2.24) is 9.78 Å². The summed E-state index contributed by atoms with van der Waals surface area (Å²) in [7, 11) is 0. The van der Waals surface area contributed by atoms with Crippen LogP contribution in [0.3, 0.4) is 0 Å². The third-order valence-corrected chi connectivity index (χ3v) is 5.06. The molecule has 0 radical (unpaired) electrons. The molecule has 0 unspecified atom stereocenters. The predicted molar refractivity (Wildman–Crippen MR) is 105 cm³/mol. The van der Waals surface area contributed by atoms with Crippen molar-refractivity contribution in [2.24, 2.45) is 0 Å². The first kappa shape index (κ1) is 21.4. The van der Waals surface area contributed by atoms with E-state index in [9.17, 15) is 28.1 Å². The van der Waals surface area contributed by atoms with E-state index in [4.69, 9.17) is 0 Å². The third-order valence-electron chi connectivity index (χ3n) is 4.00. The molecule has 0 aliphatic rings. The van der Waals surface area contributed by atoms with Crippen LogP contribution in [0.4, 0.5) is 24.7 Å². The number of anilines is 1. The first-order valence-corrected chi connectivity index (χ1v) is 9.56. The Balaban J connectivity index is 1.66. The molecule has 0 spiro atoms. The van der Waals surface area contributed by atoms with Gasteiger partial charge in [-0.25, -0.2) is 4.68 Å². The van der Waals surface area contributed by atoms with Crippen molar-refractivity contribution in [3.8, 4) is 0 Å². The van der Waals surface area contributed by atoms with Gasteiger partial charge in [-0.15, -0.1) is 11.8 Å². The van der Waals surface area contributed by atoms with Gasteiger partial charge in [0, 0.05) is 12.1 Å². The zero-order valence-electron chi connectivity index (χ0n) is 15.3. The number of carbonyl (C=O) groups excluding carboxylic acids is 1. The number of hydrogen-bond donors (Lipinski definition) is 1. The number of alkyl halides is 3. The van der Waals surface area contributed by atoms with Crippen molar-refractivity contribution in [2.75, 3.05) is 11.1 Å². The molecule has 1 amide bonds. The lowest BCUT2D eigenvalue weighted by Crippen LogP contribution is -2.18. The summed E-state index contributed by atoms with van der Waals surface area (Å²) in [6.07, 6.45) is -3.17. The molecule has 0 aliphatic carbocycles. The Hall–Kier alpha value is -3.34. The molecule has 156 valence electrons. The van der Waals surface area contributed by atoms with Crippen LogP contribution in [-0.4, -0.2) is 26.4 Å². The van der Waals surface area contributed by atoms with Gasteiger partial charge in [0.2, 0.25) is 5.91 Å². The number of aromatic nitrogens is 2. The highest BCUT2D eigenvalue weighted by Gasteiger charge is 2.33. The summed E-state index contributed by atoms with van der Waals surface area (Å²) in [5.74, 6) is -0.252. The molecule has 3 aromatic rings. The van der Waals surface area contributed by atoms with Crippen LogP contribution in [0.2, 0.25) is 0 Å². The van der Waals surface area contributed by atoms with Gasteiger partial charge in [0.05, 0.1) is 33.9 Å². The molecule has 0 aliphatic heterocycles. The van der Waals surface area contributed by atoms with E-state index >= 15 is 0 Å². The zero-order chi connectivity index (χ0) is 21.7. The molecule has 3 rings (SSSR count). The molecule has 0 atom stereocenters. The molecule has 1 aromatic heterocycles. The first-order valence-electron chi connectivity index (χ1n) is 8.58. The second kappa shape index (κ2) is 8.99. The Morgan fingerprint density at radius 3 is 2.57 bits per heavy atom. The number of nitrogens with zero attached hydrogens (tertiary/aromatic N) is 3. The van der Waals surface area contributed by atoms with E-state index < -0.39 is 28.3 Å². The van der Waals surface area contributed by atoms with Gasteiger partial charge in [0.15, 0.2) is 0 Å². The second-order valence-corrected chi connectivity index (χ2v) is 7.15. The van der Waals surface area contributed by atoms with Gasteiger partial charge in [0.1, 0.15) is 5.82 Å². The molecule has 30 heavy (non-hydrogen) atoms. The summed E-state index contributed by atoms with van der Waals surface area (Å²) < 4.78 is 39.9. The number of benzene rings is 2. The highest BCUT2D eigenvalue weighted by atomic mass is 32.2. The average Bonchev–Trinajstić information content (AvgIpc) is 3.12. The van der Waals surface area contributed by atoms with Gasteiger partial charge in [-0.3, -0.25) is 14.9 Å². The number of hydrogen-bond acceptors (Lipinski definition) is 5. The Bertz CT molecular complexity index is 1050. The Morgan fingerprint density at radius 1 is 1.17 bits per heavy atom. The Labute approximate surface area is 173 Å². The molecular weight excluding hydrogens is 421 g/mol. The van der Waals surface area contributed by atoms with Crippen LogP contribution >= 0.6 is 11.8 Å². The second-order valence-electron chi connectivity index (χ2n) is 6.13. The van der Waals surface area contributed by atoms with E-state index in [2.05, 4.69) is 10.4 Å². The van der Waals surface area contributed by atoms with Crippen molar-refractivity contribution in [3.63, 3.8) is 0 Å². The number of nitrogens with one attached hydrogen (secondary N) is 1. The topological polar surface area (TPSA) is 90.1 Å². The van der Waals surface area contributed by atoms with E-state index in [0.29, 0.717) is 18.4 Å².